The summed E-state index contributed by atoms with van der Waals surface area (Å²) in [6.07, 6.45) is 4.84. The van der Waals surface area contributed by atoms with Crippen molar-refractivity contribution in [3.05, 3.63) is 0 Å². The molecule has 0 aromatic carbocycles. The van der Waals surface area contributed by atoms with Crippen molar-refractivity contribution in [3.8, 4) is 0 Å². The third kappa shape index (κ3) is 4.20. The minimum Gasteiger partial charge on any atom is -0.467 e. The molecule has 0 aliphatic heterocycles. The Kier molecular flexibility index (Phi) is 5.79. The van der Waals surface area contributed by atoms with Gasteiger partial charge in [-0.25, -0.2) is 4.79 Å². The van der Waals surface area contributed by atoms with E-state index in [-0.39, 0.29) is 17.9 Å². The summed E-state index contributed by atoms with van der Waals surface area (Å²) in [6, 6.07) is 0.112. The molecule has 0 saturated heterocycles. The van der Waals surface area contributed by atoms with Crippen LogP contribution in [0.4, 0.5) is 0 Å². The highest BCUT2D eigenvalue weighted by Crippen LogP contribution is 2.27. The Morgan fingerprint density at radius 1 is 1.42 bits per heavy atom. The Morgan fingerprint density at radius 2 is 2.11 bits per heavy atom. The van der Waals surface area contributed by atoms with E-state index in [2.05, 4.69) is 5.32 Å². The number of amides is 1. The second kappa shape index (κ2) is 6.89. The number of rotatable bonds is 6. The lowest BCUT2D eigenvalue weighted by atomic mass is 9.94. The number of hydrogen-bond acceptors (Lipinski definition) is 4. The summed E-state index contributed by atoms with van der Waals surface area (Å²) in [4.78, 5) is 23.9. The zero-order valence-electron chi connectivity index (χ0n) is 12.2. The summed E-state index contributed by atoms with van der Waals surface area (Å²) in [5.74, 6) is -0.259. The summed E-state index contributed by atoms with van der Waals surface area (Å²) in [5.41, 5.74) is 5.04. The number of esters is 1. The third-order valence-corrected chi connectivity index (χ3v) is 3.97. The number of carbonyl (C=O) groups is 2. The molecule has 1 saturated carbocycles. The SMILES string of the molecule is CCCC(C)(NC(=O)C[C@@H]1CCC[C@H]1N)C(=O)OC. The maximum atomic E-state index is 12.1. The molecule has 0 bridgehead atoms. The second-order valence-corrected chi connectivity index (χ2v) is 5.68. The predicted molar refractivity (Wildman–Crippen MR) is 73.4 cm³/mol. The van der Waals surface area contributed by atoms with Crippen LogP contribution in [0, 0.1) is 5.92 Å². The van der Waals surface area contributed by atoms with Gasteiger partial charge in [-0.05, 0) is 32.1 Å². The van der Waals surface area contributed by atoms with E-state index in [9.17, 15) is 9.59 Å². The zero-order chi connectivity index (χ0) is 14.5. The van der Waals surface area contributed by atoms with Crippen molar-refractivity contribution in [2.24, 2.45) is 11.7 Å². The molecule has 5 nitrogen and oxygen atoms in total. The van der Waals surface area contributed by atoms with Gasteiger partial charge in [0.1, 0.15) is 5.54 Å². The second-order valence-electron chi connectivity index (χ2n) is 5.68. The van der Waals surface area contributed by atoms with Crippen molar-refractivity contribution in [1.82, 2.24) is 5.32 Å². The van der Waals surface area contributed by atoms with Gasteiger partial charge in [-0.2, -0.15) is 0 Å². The van der Waals surface area contributed by atoms with Gasteiger partial charge in [0.25, 0.3) is 0 Å². The van der Waals surface area contributed by atoms with E-state index < -0.39 is 11.5 Å². The zero-order valence-corrected chi connectivity index (χ0v) is 12.2. The highest BCUT2D eigenvalue weighted by atomic mass is 16.5. The summed E-state index contributed by atoms with van der Waals surface area (Å²) >= 11 is 0. The summed E-state index contributed by atoms with van der Waals surface area (Å²) in [7, 11) is 1.34. The van der Waals surface area contributed by atoms with Crippen LogP contribution in [0.3, 0.4) is 0 Å². The lowest BCUT2D eigenvalue weighted by Crippen LogP contribution is -2.53. The van der Waals surface area contributed by atoms with Gasteiger partial charge in [0.15, 0.2) is 0 Å². The van der Waals surface area contributed by atoms with Gasteiger partial charge >= 0.3 is 5.97 Å². The largest absolute Gasteiger partial charge is 0.467 e. The Bertz CT molecular complexity index is 333. The molecule has 5 heteroatoms. The van der Waals surface area contributed by atoms with Crippen molar-refractivity contribution in [2.45, 2.75) is 64.0 Å². The normalized spacial score (nSPS) is 25.7. The van der Waals surface area contributed by atoms with Gasteiger partial charge in [-0.1, -0.05) is 19.8 Å². The standard InChI is InChI=1S/C14H26N2O3/c1-4-8-14(2,13(18)19-3)16-12(17)9-10-6-5-7-11(10)15/h10-11H,4-9,15H2,1-3H3,(H,16,17)/t10-,11+,14?/m0/s1. The van der Waals surface area contributed by atoms with Crippen LogP contribution < -0.4 is 11.1 Å². The van der Waals surface area contributed by atoms with E-state index in [0.29, 0.717) is 12.8 Å². The van der Waals surface area contributed by atoms with Crippen molar-refractivity contribution in [3.63, 3.8) is 0 Å². The molecule has 1 rings (SSSR count). The predicted octanol–water partition coefficient (Wildman–Crippen LogP) is 1.35. The first-order valence-corrected chi connectivity index (χ1v) is 7.08. The molecule has 0 heterocycles. The molecule has 1 amide bonds. The van der Waals surface area contributed by atoms with E-state index in [1.165, 1.54) is 7.11 Å². The summed E-state index contributed by atoms with van der Waals surface area (Å²) in [6.45, 7) is 3.69. The van der Waals surface area contributed by atoms with E-state index in [0.717, 1.165) is 25.7 Å². The van der Waals surface area contributed by atoms with Gasteiger partial charge in [0.05, 0.1) is 7.11 Å². The van der Waals surface area contributed by atoms with Crippen LogP contribution in [0.15, 0.2) is 0 Å². The minimum atomic E-state index is -0.927. The van der Waals surface area contributed by atoms with Gasteiger partial charge in [0.2, 0.25) is 5.91 Å². The lowest BCUT2D eigenvalue weighted by molar-refractivity contribution is -0.150. The maximum Gasteiger partial charge on any atom is 0.331 e. The van der Waals surface area contributed by atoms with E-state index >= 15 is 0 Å². The molecule has 110 valence electrons. The molecule has 1 aliphatic carbocycles. The number of nitrogens with one attached hydrogen (secondary N) is 1. The van der Waals surface area contributed by atoms with Gasteiger partial charge in [-0.15, -0.1) is 0 Å². The van der Waals surface area contributed by atoms with Crippen LogP contribution in [0.2, 0.25) is 0 Å². The molecule has 1 aliphatic rings. The number of nitrogens with two attached hydrogens (primary N) is 1. The van der Waals surface area contributed by atoms with Gasteiger partial charge in [0, 0.05) is 12.5 Å². The maximum absolute atomic E-state index is 12.1. The number of methoxy groups -OCH3 is 1. The Hall–Kier alpha value is -1.10. The first kappa shape index (κ1) is 16.0. The van der Waals surface area contributed by atoms with Crippen molar-refractivity contribution in [2.75, 3.05) is 7.11 Å². The van der Waals surface area contributed by atoms with Crippen molar-refractivity contribution in [1.29, 1.82) is 0 Å². The minimum absolute atomic E-state index is 0.108. The molecule has 0 aromatic heterocycles. The molecule has 1 unspecified atom stereocenters. The van der Waals surface area contributed by atoms with Crippen LogP contribution in [0.5, 0.6) is 0 Å². The average molecular weight is 270 g/mol. The molecule has 0 radical (unpaired) electrons. The number of carbonyl (C=O) groups excluding carboxylic acids is 2. The van der Waals surface area contributed by atoms with Crippen LogP contribution >= 0.6 is 0 Å². The Labute approximate surface area is 115 Å². The van der Waals surface area contributed by atoms with E-state index in [1.54, 1.807) is 6.92 Å². The molecule has 3 atom stereocenters. The van der Waals surface area contributed by atoms with Crippen LogP contribution in [0.25, 0.3) is 0 Å². The van der Waals surface area contributed by atoms with Gasteiger partial charge in [-0.3, -0.25) is 4.79 Å². The smallest absolute Gasteiger partial charge is 0.331 e. The highest BCUT2D eigenvalue weighted by molar-refractivity contribution is 5.87. The Morgan fingerprint density at radius 3 is 2.58 bits per heavy atom. The highest BCUT2D eigenvalue weighted by Gasteiger charge is 2.36. The van der Waals surface area contributed by atoms with Gasteiger partial charge < -0.3 is 15.8 Å². The fourth-order valence-electron chi connectivity index (χ4n) is 2.86. The Balaban J connectivity index is 2.58. The molecule has 3 N–H and O–H groups in total. The molecule has 0 aromatic rings. The van der Waals surface area contributed by atoms with E-state index in [4.69, 9.17) is 10.5 Å². The quantitative estimate of drug-likeness (QED) is 0.714. The molecule has 1 fully saturated rings. The first-order chi connectivity index (χ1) is 8.92. The molecular weight excluding hydrogens is 244 g/mol. The third-order valence-electron chi connectivity index (χ3n) is 3.97. The topological polar surface area (TPSA) is 81.4 Å². The lowest BCUT2D eigenvalue weighted by Gasteiger charge is -2.28. The monoisotopic (exact) mass is 270 g/mol. The fraction of sp³-hybridized carbons (Fsp3) is 0.857. The number of hydrogen-bond donors (Lipinski definition) is 2. The molecular formula is C14H26N2O3. The first-order valence-electron chi connectivity index (χ1n) is 7.08. The van der Waals surface area contributed by atoms with Crippen LogP contribution in [-0.2, 0) is 14.3 Å². The van der Waals surface area contributed by atoms with Crippen LogP contribution in [-0.4, -0.2) is 30.6 Å². The molecule has 0 spiro atoms. The van der Waals surface area contributed by atoms with Crippen molar-refractivity contribution < 1.29 is 14.3 Å². The summed E-state index contributed by atoms with van der Waals surface area (Å²) < 4.78 is 4.78. The molecule has 19 heavy (non-hydrogen) atoms. The average Bonchev–Trinajstić information content (AvgIpc) is 2.74. The van der Waals surface area contributed by atoms with E-state index in [1.807, 2.05) is 6.92 Å². The summed E-state index contributed by atoms with van der Waals surface area (Å²) in [5, 5.41) is 2.82. The fourth-order valence-corrected chi connectivity index (χ4v) is 2.86. The number of ether oxygens (including phenoxy) is 1. The van der Waals surface area contributed by atoms with Crippen molar-refractivity contribution >= 4 is 11.9 Å². The van der Waals surface area contributed by atoms with Crippen LogP contribution in [0.1, 0.15) is 52.4 Å².